The molecule has 2 aromatic rings. The molecule has 178 valence electrons. The zero-order valence-electron chi connectivity index (χ0n) is 18.8. The van der Waals surface area contributed by atoms with E-state index in [4.69, 9.17) is 15.9 Å². The molecule has 0 spiro atoms. The average molecular weight is 466 g/mol. The Hall–Kier alpha value is -3.76. The highest BCUT2D eigenvalue weighted by Crippen LogP contribution is 2.29. The zero-order chi connectivity index (χ0) is 24.4. The Morgan fingerprint density at radius 1 is 1.26 bits per heavy atom. The molecule has 5 N–H and O–H groups in total. The van der Waals surface area contributed by atoms with Crippen molar-refractivity contribution in [1.29, 1.82) is 5.41 Å². The molecule has 3 amide bonds. The largest absolute Gasteiger partial charge is 0.384 e. The lowest BCUT2D eigenvalue weighted by molar-refractivity contribution is -0.150. The molecule has 10 heteroatoms. The first kappa shape index (κ1) is 23.4. The first-order valence-corrected chi connectivity index (χ1v) is 11.1. The van der Waals surface area contributed by atoms with Gasteiger partial charge in [0.1, 0.15) is 5.84 Å². The summed E-state index contributed by atoms with van der Waals surface area (Å²) < 4.78 is 5.45. The average Bonchev–Trinajstić information content (AvgIpc) is 3.14. The second-order valence-electron chi connectivity index (χ2n) is 8.27. The fraction of sp³-hybridized carbons (Fsp3) is 0.333. The Morgan fingerprint density at radius 3 is 2.68 bits per heavy atom. The lowest BCUT2D eigenvalue weighted by atomic mass is 10.1. The van der Waals surface area contributed by atoms with Crippen molar-refractivity contribution < 1.29 is 24.2 Å². The van der Waals surface area contributed by atoms with Crippen LogP contribution < -0.4 is 16.0 Å². The van der Waals surface area contributed by atoms with Crippen molar-refractivity contribution in [3.05, 3.63) is 59.2 Å². The van der Waals surface area contributed by atoms with E-state index in [1.54, 1.807) is 41.3 Å². The number of carbonyl (C=O) groups excluding carboxylic acids is 3. The fourth-order valence-corrected chi connectivity index (χ4v) is 4.14. The molecule has 2 aliphatic rings. The smallest absolute Gasteiger partial charge is 0.259 e. The maximum atomic E-state index is 13.1. The number of rotatable bonds is 7. The topological polar surface area (TPSA) is 149 Å². The van der Waals surface area contributed by atoms with Gasteiger partial charge in [0.25, 0.3) is 17.7 Å². The molecule has 34 heavy (non-hydrogen) atoms. The first-order valence-electron chi connectivity index (χ1n) is 11.1. The van der Waals surface area contributed by atoms with Gasteiger partial charge in [-0.2, -0.15) is 0 Å². The molecule has 0 radical (unpaired) electrons. The molecule has 2 unspecified atom stereocenters. The molecule has 2 heterocycles. The SMILES string of the molecule is CCCN1Cc2ccc(N3CCOC(C(O)C(=O)Nc4ccc(C(=N)N)cc4)C3=O)cc2C1=O. The lowest BCUT2D eigenvalue weighted by Gasteiger charge is -2.34. The summed E-state index contributed by atoms with van der Waals surface area (Å²) in [6.07, 6.45) is -2.26. The molecule has 1 fully saturated rings. The zero-order valence-corrected chi connectivity index (χ0v) is 18.8. The molecule has 2 atom stereocenters. The highest BCUT2D eigenvalue weighted by molar-refractivity contribution is 6.05. The van der Waals surface area contributed by atoms with E-state index in [1.807, 2.05) is 13.0 Å². The number of amides is 3. The van der Waals surface area contributed by atoms with Crippen molar-refractivity contribution in [2.45, 2.75) is 32.1 Å². The molecule has 0 aliphatic carbocycles. The number of nitrogens with two attached hydrogens (primary N) is 1. The first-order chi connectivity index (χ1) is 16.3. The number of carbonyl (C=O) groups is 3. The Bertz CT molecular complexity index is 1130. The van der Waals surface area contributed by atoms with Crippen LogP contribution in [0.15, 0.2) is 42.5 Å². The molecule has 2 aliphatic heterocycles. The van der Waals surface area contributed by atoms with Crippen molar-refractivity contribution in [2.24, 2.45) is 5.73 Å². The number of nitrogen functional groups attached to an aromatic ring is 1. The number of amidine groups is 1. The van der Waals surface area contributed by atoms with E-state index < -0.39 is 24.0 Å². The van der Waals surface area contributed by atoms with Gasteiger partial charge < -0.3 is 30.7 Å². The van der Waals surface area contributed by atoms with Gasteiger partial charge in [-0.25, -0.2) is 0 Å². The Balaban J connectivity index is 1.46. The van der Waals surface area contributed by atoms with E-state index in [2.05, 4.69) is 5.32 Å². The Labute approximate surface area is 196 Å². The van der Waals surface area contributed by atoms with E-state index >= 15 is 0 Å². The highest BCUT2D eigenvalue weighted by atomic mass is 16.5. The summed E-state index contributed by atoms with van der Waals surface area (Å²) in [5, 5.41) is 20.5. The van der Waals surface area contributed by atoms with Crippen LogP contribution in [-0.4, -0.2) is 65.5 Å². The van der Waals surface area contributed by atoms with E-state index in [0.29, 0.717) is 35.6 Å². The Morgan fingerprint density at radius 2 is 2.00 bits per heavy atom. The summed E-state index contributed by atoms with van der Waals surface area (Å²) in [6, 6.07) is 11.5. The lowest BCUT2D eigenvalue weighted by Crippen LogP contribution is -2.55. The number of nitrogens with one attached hydrogen (secondary N) is 2. The third kappa shape index (κ3) is 4.50. The van der Waals surface area contributed by atoms with Crippen molar-refractivity contribution in [1.82, 2.24) is 4.90 Å². The molecule has 0 aromatic heterocycles. The molecule has 4 rings (SSSR count). The summed E-state index contributed by atoms with van der Waals surface area (Å²) in [7, 11) is 0. The van der Waals surface area contributed by atoms with Crippen LogP contribution in [0.5, 0.6) is 0 Å². The van der Waals surface area contributed by atoms with E-state index in [9.17, 15) is 19.5 Å². The second-order valence-corrected chi connectivity index (χ2v) is 8.27. The normalized spacial score (nSPS) is 18.6. The van der Waals surface area contributed by atoms with Gasteiger partial charge >= 0.3 is 0 Å². The van der Waals surface area contributed by atoms with Crippen LogP contribution >= 0.6 is 0 Å². The minimum absolute atomic E-state index is 0.0637. The highest BCUT2D eigenvalue weighted by Gasteiger charge is 2.40. The number of fused-ring (bicyclic) bond motifs is 1. The van der Waals surface area contributed by atoms with Crippen LogP contribution in [0.3, 0.4) is 0 Å². The molecule has 1 saturated heterocycles. The van der Waals surface area contributed by atoms with E-state index in [0.717, 1.165) is 12.0 Å². The molecule has 0 bridgehead atoms. The standard InChI is InChI=1S/C24H27N5O5/c1-2-9-28-13-15-5-8-17(12-18(15)23(28)32)29-10-11-34-20(24(29)33)19(30)22(31)27-16-6-3-14(4-7-16)21(25)26/h3-8,12,19-20,30H,2,9-11,13H2,1H3,(H3,25,26)(H,27,31). The van der Waals surface area contributed by atoms with Crippen molar-refractivity contribution >= 4 is 34.9 Å². The number of nitrogens with zero attached hydrogens (tertiary/aromatic N) is 2. The van der Waals surface area contributed by atoms with Crippen molar-refractivity contribution in [3.63, 3.8) is 0 Å². The van der Waals surface area contributed by atoms with Gasteiger partial charge in [-0.1, -0.05) is 13.0 Å². The third-order valence-corrected chi connectivity index (χ3v) is 5.92. The monoisotopic (exact) mass is 465 g/mol. The van der Waals surface area contributed by atoms with Crippen molar-refractivity contribution in [2.75, 3.05) is 29.9 Å². The second kappa shape index (κ2) is 9.62. The van der Waals surface area contributed by atoms with Crippen LogP contribution in [0.4, 0.5) is 11.4 Å². The maximum absolute atomic E-state index is 13.1. The van der Waals surface area contributed by atoms with Crippen LogP contribution in [0, 0.1) is 5.41 Å². The van der Waals surface area contributed by atoms with Gasteiger partial charge in [0, 0.05) is 42.1 Å². The molecular weight excluding hydrogens is 438 g/mol. The number of anilines is 2. The number of ether oxygens (including phenoxy) is 1. The van der Waals surface area contributed by atoms with Gasteiger partial charge in [-0.15, -0.1) is 0 Å². The summed E-state index contributed by atoms with van der Waals surface area (Å²) in [5.41, 5.74) is 8.29. The number of morpholine rings is 1. The van der Waals surface area contributed by atoms with Gasteiger partial charge in [-0.05, 0) is 48.4 Å². The van der Waals surface area contributed by atoms with Crippen molar-refractivity contribution in [3.8, 4) is 0 Å². The maximum Gasteiger partial charge on any atom is 0.259 e. The fourth-order valence-electron chi connectivity index (χ4n) is 4.14. The van der Waals surface area contributed by atoms with E-state index in [1.165, 1.54) is 4.90 Å². The van der Waals surface area contributed by atoms with Gasteiger partial charge in [0.05, 0.1) is 6.61 Å². The number of hydrogen-bond acceptors (Lipinski definition) is 6. The van der Waals surface area contributed by atoms with Gasteiger partial charge in [-0.3, -0.25) is 19.8 Å². The van der Waals surface area contributed by atoms with Crippen LogP contribution in [-0.2, 0) is 20.9 Å². The van der Waals surface area contributed by atoms with Gasteiger partial charge in [0.2, 0.25) is 0 Å². The Kier molecular flexibility index (Phi) is 6.62. The predicted octanol–water partition coefficient (Wildman–Crippen LogP) is 1.07. The number of aliphatic hydroxyl groups is 1. The predicted molar refractivity (Wildman–Crippen MR) is 126 cm³/mol. The van der Waals surface area contributed by atoms with Gasteiger partial charge in [0.15, 0.2) is 12.2 Å². The summed E-state index contributed by atoms with van der Waals surface area (Å²) in [4.78, 5) is 41.6. The van der Waals surface area contributed by atoms with Crippen LogP contribution in [0.2, 0.25) is 0 Å². The molecule has 0 saturated carbocycles. The minimum Gasteiger partial charge on any atom is -0.384 e. The summed E-state index contributed by atoms with van der Waals surface area (Å²) >= 11 is 0. The van der Waals surface area contributed by atoms with Crippen LogP contribution in [0.1, 0.15) is 34.8 Å². The summed E-state index contributed by atoms with van der Waals surface area (Å²) in [5.74, 6) is -1.52. The minimum atomic E-state index is -1.74. The number of aliphatic hydroxyl groups excluding tert-OH is 1. The molecule has 10 nitrogen and oxygen atoms in total. The van der Waals surface area contributed by atoms with Crippen LogP contribution in [0.25, 0.3) is 0 Å². The summed E-state index contributed by atoms with van der Waals surface area (Å²) in [6.45, 7) is 3.59. The molecule has 2 aromatic carbocycles. The quantitative estimate of drug-likeness (QED) is 0.355. The number of hydrogen-bond donors (Lipinski definition) is 4. The number of benzene rings is 2. The molecular formula is C24H27N5O5. The van der Waals surface area contributed by atoms with E-state index in [-0.39, 0.29) is 24.9 Å². The third-order valence-electron chi connectivity index (χ3n) is 5.92.